The molecule has 0 aromatic rings. The minimum Gasteiger partial charge on any atom is -0.146 e. The van der Waals surface area contributed by atoms with Crippen molar-refractivity contribution in [2.45, 2.75) is 31.3 Å². The molecule has 0 nitrogen and oxygen atoms in total. The molecule has 0 saturated heterocycles. The molecular weight excluding hydrogens is 159 g/mol. The van der Waals surface area contributed by atoms with Crippen molar-refractivity contribution in [3.05, 3.63) is 10.5 Å². The van der Waals surface area contributed by atoms with Crippen molar-refractivity contribution in [2.24, 2.45) is 0 Å². The first-order chi connectivity index (χ1) is 4.66. The molecule has 0 fully saturated rings. The van der Waals surface area contributed by atoms with Gasteiger partial charge in [0.25, 0.3) is 14.1 Å². The minimum absolute atomic E-state index is 0.476. The highest BCUT2D eigenvalue weighted by atomic mass is 35.5. The van der Waals surface area contributed by atoms with Crippen molar-refractivity contribution in [3.63, 3.8) is 0 Å². The molecule has 0 unspecified atom stereocenters. The van der Waals surface area contributed by atoms with E-state index in [-0.39, 0.29) is 0 Å². The number of halogens is 1. The summed E-state index contributed by atoms with van der Waals surface area (Å²) in [7, 11) is 0. The molecular formula is C8H16AlCl. The van der Waals surface area contributed by atoms with E-state index < -0.39 is 14.1 Å². The van der Waals surface area contributed by atoms with Gasteiger partial charge in [0.1, 0.15) is 0 Å². The molecule has 10 heavy (non-hydrogen) atoms. The van der Waals surface area contributed by atoms with E-state index in [2.05, 4.69) is 23.4 Å². The molecule has 0 atom stereocenters. The average Bonchev–Trinajstić information content (AvgIpc) is 1.82. The summed E-state index contributed by atoms with van der Waals surface area (Å²) in [6.07, 6.45) is 2.32. The summed E-state index contributed by atoms with van der Waals surface area (Å²) in [6, 6.07) is 0. The van der Waals surface area contributed by atoms with Gasteiger partial charge in [0.05, 0.1) is 0 Å². The fraction of sp³-hybridized carbons (Fsp3) is 0.750. The highest BCUT2D eigenvalue weighted by Gasteiger charge is 1.96. The van der Waals surface area contributed by atoms with Crippen molar-refractivity contribution < 1.29 is 0 Å². The van der Waals surface area contributed by atoms with Crippen LogP contribution in [0.5, 0.6) is 0 Å². The summed E-state index contributed by atoms with van der Waals surface area (Å²) in [5, 5.41) is 0. The molecule has 0 aliphatic rings. The molecule has 0 rings (SSSR count). The first-order valence-corrected chi connectivity index (χ1v) is 7.41. The van der Waals surface area contributed by atoms with Gasteiger partial charge in [0, 0.05) is 5.88 Å². The molecule has 0 aromatic heterocycles. The van der Waals surface area contributed by atoms with Gasteiger partial charge in [-0.3, -0.25) is 0 Å². The van der Waals surface area contributed by atoms with E-state index in [0.29, 0.717) is 0 Å². The van der Waals surface area contributed by atoms with Gasteiger partial charge in [-0.15, -0.1) is 28.1 Å². The van der Waals surface area contributed by atoms with Crippen LogP contribution in [0.2, 0.25) is 11.6 Å². The van der Waals surface area contributed by atoms with E-state index in [1.54, 1.807) is 0 Å². The van der Waals surface area contributed by atoms with Gasteiger partial charge in [0.15, 0.2) is 0 Å². The second kappa shape index (κ2) is 6.28. The highest BCUT2D eigenvalue weighted by Crippen LogP contribution is 2.05. The lowest BCUT2D eigenvalue weighted by atomic mass is 10.2. The van der Waals surface area contributed by atoms with E-state index in [4.69, 9.17) is 11.6 Å². The summed E-state index contributed by atoms with van der Waals surface area (Å²) in [4.78, 5) is 2.44. The van der Waals surface area contributed by atoms with E-state index in [9.17, 15) is 0 Å². The van der Waals surface area contributed by atoms with Crippen molar-refractivity contribution >= 4 is 25.7 Å². The number of hydrogen-bond acceptors (Lipinski definition) is 0. The minimum atomic E-state index is -0.476. The molecule has 0 amide bonds. The van der Waals surface area contributed by atoms with Gasteiger partial charge in [-0.05, 0) is 19.8 Å². The summed E-state index contributed by atoms with van der Waals surface area (Å²) in [6.45, 7) is 2.21. The Bertz CT molecular complexity index is 108. The Kier molecular flexibility index (Phi) is 6.64. The van der Waals surface area contributed by atoms with Crippen LogP contribution in [0.25, 0.3) is 0 Å². The second-order valence-corrected chi connectivity index (χ2v) is 6.25. The van der Waals surface area contributed by atoms with Crippen LogP contribution < -0.4 is 0 Å². The average molecular weight is 175 g/mol. The van der Waals surface area contributed by atoms with Gasteiger partial charge >= 0.3 is 0 Å². The molecule has 0 spiro atoms. The number of alkyl halides is 1. The van der Waals surface area contributed by atoms with Crippen LogP contribution >= 0.6 is 11.6 Å². The quantitative estimate of drug-likeness (QED) is 0.454. The molecule has 0 bridgehead atoms. The maximum absolute atomic E-state index is 5.57. The molecule has 0 radical (unpaired) electrons. The van der Waals surface area contributed by atoms with Crippen LogP contribution in [0.3, 0.4) is 0 Å². The number of allylic oxidation sites excluding steroid dienone is 1. The lowest BCUT2D eigenvalue weighted by molar-refractivity contribution is 0.914. The standard InChI is InChI=1S/C6H10Cl.2CH3.Al/c1-6(2)4-3-5-7;;;/h1H,3-5H2,2H3;2*1H3;. The van der Waals surface area contributed by atoms with Gasteiger partial charge in [-0.2, -0.15) is 0 Å². The van der Waals surface area contributed by atoms with Gasteiger partial charge in [0.2, 0.25) is 0 Å². The molecule has 0 aliphatic heterocycles. The van der Waals surface area contributed by atoms with Crippen LogP contribution in [0.15, 0.2) is 10.5 Å². The topological polar surface area (TPSA) is 0 Å². The first-order valence-electron chi connectivity index (χ1n) is 3.90. The lowest BCUT2D eigenvalue weighted by Gasteiger charge is -1.98. The van der Waals surface area contributed by atoms with E-state index in [1.165, 1.54) is 12.0 Å². The van der Waals surface area contributed by atoms with Crippen molar-refractivity contribution in [3.8, 4) is 0 Å². The van der Waals surface area contributed by atoms with Crippen molar-refractivity contribution in [2.75, 3.05) is 5.88 Å². The Hall–Kier alpha value is 0.562. The molecule has 0 saturated carbocycles. The zero-order valence-electron chi connectivity index (χ0n) is 7.15. The molecule has 0 N–H and O–H groups in total. The predicted molar refractivity (Wildman–Crippen MR) is 51.2 cm³/mol. The summed E-state index contributed by atoms with van der Waals surface area (Å²) in [5.74, 6) is 5.47. The summed E-state index contributed by atoms with van der Waals surface area (Å²) >= 11 is 5.09. The molecule has 0 aromatic carbocycles. The van der Waals surface area contributed by atoms with Crippen LogP contribution in [-0.4, -0.2) is 20.0 Å². The molecule has 58 valence electrons. The van der Waals surface area contributed by atoms with Gasteiger partial charge in [-0.25, -0.2) is 0 Å². The van der Waals surface area contributed by atoms with E-state index in [1.807, 2.05) is 0 Å². The van der Waals surface area contributed by atoms with E-state index >= 15 is 0 Å². The maximum Gasteiger partial charge on any atom is 0.288 e. The van der Waals surface area contributed by atoms with Gasteiger partial charge < -0.3 is 0 Å². The van der Waals surface area contributed by atoms with Crippen LogP contribution in [0.1, 0.15) is 19.8 Å². The molecule has 0 heterocycles. The summed E-state index contributed by atoms with van der Waals surface area (Å²) < 4.78 is 0. The molecule has 2 heteroatoms. The Morgan fingerprint density at radius 2 is 2.10 bits per heavy atom. The zero-order chi connectivity index (χ0) is 7.98. The second-order valence-electron chi connectivity index (χ2n) is 3.05. The fourth-order valence-corrected chi connectivity index (χ4v) is 2.44. The predicted octanol–water partition coefficient (Wildman–Crippen LogP) is 3.25. The summed E-state index contributed by atoms with van der Waals surface area (Å²) in [5.41, 5.74) is 1.53. The SMILES string of the molecule is C/C(=[CH]\[Al]([CH3])[CH3])CCCCl. The van der Waals surface area contributed by atoms with Crippen LogP contribution in [0, 0.1) is 0 Å². The number of hydrogen-bond donors (Lipinski definition) is 0. The Morgan fingerprint density at radius 3 is 2.50 bits per heavy atom. The first kappa shape index (κ1) is 10.6. The monoisotopic (exact) mass is 174 g/mol. The van der Waals surface area contributed by atoms with Crippen molar-refractivity contribution in [1.29, 1.82) is 0 Å². The largest absolute Gasteiger partial charge is 0.288 e. The number of rotatable bonds is 4. The van der Waals surface area contributed by atoms with Crippen molar-refractivity contribution in [1.82, 2.24) is 0 Å². The smallest absolute Gasteiger partial charge is 0.146 e. The Labute approximate surface area is 73.7 Å². The Morgan fingerprint density at radius 1 is 1.50 bits per heavy atom. The fourth-order valence-electron chi connectivity index (χ4n) is 0.998. The molecule has 0 aliphatic carbocycles. The van der Waals surface area contributed by atoms with Gasteiger partial charge in [-0.1, -0.05) is 5.57 Å². The normalized spacial score (nSPS) is 11.8. The van der Waals surface area contributed by atoms with Crippen LogP contribution in [0.4, 0.5) is 0 Å². The zero-order valence-corrected chi connectivity index (χ0v) is 9.06. The van der Waals surface area contributed by atoms with E-state index in [0.717, 1.165) is 12.3 Å². The third-order valence-corrected chi connectivity index (χ3v) is 2.83. The third kappa shape index (κ3) is 6.68. The highest BCUT2D eigenvalue weighted by molar-refractivity contribution is 6.61. The maximum atomic E-state index is 5.57. The lowest BCUT2D eigenvalue weighted by Crippen LogP contribution is -1.95. The third-order valence-electron chi connectivity index (χ3n) is 1.32. The van der Waals surface area contributed by atoms with Crippen LogP contribution in [-0.2, 0) is 0 Å². The Balaban J connectivity index is 3.49.